The van der Waals surface area contributed by atoms with Gasteiger partial charge in [0.2, 0.25) is 0 Å². The zero-order chi connectivity index (χ0) is 37.7. The van der Waals surface area contributed by atoms with Gasteiger partial charge in [-0.15, -0.1) is 0 Å². The van der Waals surface area contributed by atoms with Crippen molar-refractivity contribution in [2.45, 2.75) is 0 Å². The van der Waals surface area contributed by atoms with E-state index in [2.05, 4.69) is 150 Å². The van der Waals surface area contributed by atoms with Gasteiger partial charge in [0.05, 0.1) is 16.7 Å². The third-order valence-electron chi connectivity index (χ3n) is 11.0. The van der Waals surface area contributed by atoms with E-state index in [-0.39, 0.29) is 0 Å². The lowest BCUT2D eigenvalue weighted by Gasteiger charge is -2.17. The Labute approximate surface area is 330 Å². The summed E-state index contributed by atoms with van der Waals surface area (Å²) in [6.45, 7) is 0. The number of nitrogens with zero attached hydrogens (tertiary/aromatic N) is 4. The van der Waals surface area contributed by atoms with Crippen LogP contribution in [0.15, 0.2) is 206 Å². The zero-order valence-electron chi connectivity index (χ0n) is 30.9. The molecule has 266 valence electrons. The Hall–Kier alpha value is -7.69. The summed E-state index contributed by atoms with van der Waals surface area (Å²) in [6.07, 6.45) is 0. The molecule has 0 atom stereocenters. The maximum absolute atomic E-state index is 5.12. The van der Waals surface area contributed by atoms with E-state index >= 15 is 0 Å². The van der Waals surface area contributed by atoms with Gasteiger partial charge in [-0.1, -0.05) is 164 Å². The van der Waals surface area contributed by atoms with Crippen molar-refractivity contribution in [3.8, 4) is 62.1 Å². The zero-order valence-corrected chi connectivity index (χ0v) is 30.9. The molecule has 0 spiro atoms. The van der Waals surface area contributed by atoms with Gasteiger partial charge in [0, 0.05) is 33.0 Å². The van der Waals surface area contributed by atoms with Crippen LogP contribution in [-0.4, -0.2) is 19.5 Å². The van der Waals surface area contributed by atoms with Crippen LogP contribution in [0, 0.1) is 0 Å². The van der Waals surface area contributed by atoms with E-state index < -0.39 is 0 Å². The molecule has 4 nitrogen and oxygen atoms in total. The molecule has 0 fully saturated rings. The summed E-state index contributed by atoms with van der Waals surface area (Å²) in [5.41, 5.74) is 10.7. The number of hydrogen-bond donors (Lipinski definition) is 0. The molecule has 0 saturated carbocycles. The Kier molecular flexibility index (Phi) is 7.78. The number of benzene rings is 9. The first kappa shape index (κ1) is 32.7. The summed E-state index contributed by atoms with van der Waals surface area (Å²) >= 11 is 0. The monoisotopic (exact) mass is 726 g/mol. The molecule has 11 rings (SSSR count). The second-order valence-electron chi connectivity index (χ2n) is 14.5. The van der Waals surface area contributed by atoms with Crippen LogP contribution in [0.1, 0.15) is 0 Å². The average molecular weight is 727 g/mol. The van der Waals surface area contributed by atoms with Gasteiger partial charge < -0.3 is 4.57 Å². The van der Waals surface area contributed by atoms with Crippen molar-refractivity contribution < 1.29 is 0 Å². The highest BCUT2D eigenvalue weighted by atomic mass is 15.0. The molecule has 0 bridgehead atoms. The Morgan fingerprint density at radius 2 is 0.649 bits per heavy atom. The predicted octanol–water partition coefficient (Wildman–Crippen LogP) is 13.6. The normalized spacial score (nSPS) is 11.5. The number of hydrogen-bond acceptors (Lipinski definition) is 3. The fraction of sp³-hybridized carbons (Fsp3) is 0. The topological polar surface area (TPSA) is 43.6 Å². The Morgan fingerprint density at radius 1 is 0.281 bits per heavy atom. The smallest absolute Gasteiger partial charge is 0.164 e. The maximum atomic E-state index is 5.12. The lowest BCUT2D eigenvalue weighted by Crippen LogP contribution is -2.02. The first-order valence-corrected chi connectivity index (χ1v) is 19.3. The van der Waals surface area contributed by atoms with Crippen molar-refractivity contribution in [1.82, 2.24) is 19.5 Å². The van der Waals surface area contributed by atoms with E-state index in [1.807, 2.05) is 60.7 Å². The molecule has 0 amide bonds. The Balaban J connectivity index is 1.19. The van der Waals surface area contributed by atoms with E-state index in [0.29, 0.717) is 17.5 Å². The van der Waals surface area contributed by atoms with Crippen LogP contribution in [0.25, 0.3) is 105 Å². The molecule has 4 heteroatoms. The molecule has 57 heavy (non-hydrogen) atoms. The summed E-state index contributed by atoms with van der Waals surface area (Å²) in [7, 11) is 0. The molecule has 0 aliphatic heterocycles. The van der Waals surface area contributed by atoms with Crippen LogP contribution in [-0.2, 0) is 0 Å². The first-order chi connectivity index (χ1) is 28.2. The van der Waals surface area contributed by atoms with Crippen molar-refractivity contribution >= 4 is 43.4 Å². The molecule has 11 aromatic rings. The summed E-state index contributed by atoms with van der Waals surface area (Å²) in [4.78, 5) is 15.2. The van der Waals surface area contributed by atoms with Crippen molar-refractivity contribution in [3.05, 3.63) is 206 Å². The molecule has 0 saturated heterocycles. The number of rotatable bonds is 6. The Bertz CT molecular complexity index is 3110. The molecular formula is C53H34N4. The lowest BCUT2D eigenvalue weighted by atomic mass is 9.97. The second-order valence-corrected chi connectivity index (χ2v) is 14.5. The fourth-order valence-electron chi connectivity index (χ4n) is 8.16. The van der Waals surface area contributed by atoms with Gasteiger partial charge in [-0.2, -0.15) is 0 Å². The molecule has 0 unspecified atom stereocenters. The number of fused-ring (bicyclic) bond motifs is 5. The van der Waals surface area contributed by atoms with Gasteiger partial charge in [-0.25, -0.2) is 15.0 Å². The van der Waals surface area contributed by atoms with Gasteiger partial charge in [0.15, 0.2) is 17.5 Å². The Morgan fingerprint density at radius 3 is 1.14 bits per heavy atom. The summed E-state index contributed by atoms with van der Waals surface area (Å²) < 4.78 is 2.45. The third-order valence-corrected chi connectivity index (χ3v) is 11.0. The molecular weight excluding hydrogens is 693 g/mol. The SMILES string of the molecule is c1ccc(-c2ccc(-c3cc(-c4nc(-c5ccccc5)nc(-c5ccccc5)n4)ccc3-n3c4cc5ccccc5cc4c4cc5ccccc5cc43)cc2)cc1. The molecule has 9 aromatic carbocycles. The van der Waals surface area contributed by atoms with Crippen molar-refractivity contribution in [3.63, 3.8) is 0 Å². The fourth-order valence-corrected chi connectivity index (χ4v) is 8.16. The highest BCUT2D eigenvalue weighted by molar-refractivity contribution is 6.17. The van der Waals surface area contributed by atoms with E-state index in [4.69, 9.17) is 15.0 Å². The molecule has 2 heterocycles. The molecule has 0 aliphatic rings. The van der Waals surface area contributed by atoms with Crippen LogP contribution in [0.2, 0.25) is 0 Å². The van der Waals surface area contributed by atoms with Gasteiger partial charge in [-0.3, -0.25) is 0 Å². The molecule has 0 aliphatic carbocycles. The minimum Gasteiger partial charge on any atom is -0.309 e. The average Bonchev–Trinajstić information content (AvgIpc) is 3.59. The van der Waals surface area contributed by atoms with Crippen molar-refractivity contribution in [2.24, 2.45) is 0 Å². The van der Waals surface area contributed by atoms with E-state index in [0.717, 1.165) is 44.5 Å². The van der Waals surface area contributed by atoms with Gasteiger partial charge >= 0.3 is 0 Å². The highest BCUT2D eigenvalue weighted by Crippen LogP contribution is 2.41. The standard InChI is InChI=1S/C53H34N4/c1-4-14-35(15-5-1)36-24-26-37(27-25-36)45-32-44(53-55-51(38-16-6-2-7-17-38)54-52(56-53)39-18-8-3-9-19-39)28-29-48(45)57-49-33-42-22-12-10-20-40(42)30-46(49)47-31-41-21-11-13-23-43(41)34-50(47)57/h1-34H. The summed E-state index contributed by atoms with van der Waals surface area (Å²) in [5, 5.41) is 7.31. The second kappa shape index (κ2) is 13.6. The molecule has 0 radical (unpaired) electrons. The van der Waals surface area contributed by atoms with Crippen molar-refractivity contribution in [1.29, 1.82) is 0 Å². The van der Waals surface area contributed by atoms with E-state index in [9.17, 15) is 0 Å². The third kappa shape index (κ3) is 5.83. The predicted molar refractivity (Wildman–Crippen MR) is 236 cm³/mol. The van der Waals surface area contributed by atoms with E-state index in [1.165, 1.54) is 43.4 Å². The highest BCUT2D eigenvalue weighted by Gasteiger charge is 2.20. The van der Waals surface area contributed by atoms with Crippen LogP contribution in [0.4, 0.5) is 0 Å². The van der Waals surface area contributed by atoms with Crippen LogP contribution >= 0.6 is 0 Å². The van der Waals surface area contributed by atoms with Crippen molar-refractivity contribution in [2.75, 3.05) is 0 Å². The van der Waals surface area contributed by atoms with Gasteiger partial charge in [-0.05, 0) is 80.7 Å². The van der Waals surface area contributed by atoms with Crippen LogP contribution in [0.3, 0.4) is 0 Å². The summed E-state index contributed by atoms with van der Waals surface area (Å²) in [6, 6.07) is 73.1. The van der Waals surface area contributed by atoms with Crippen LogP contribution < -0.4 is 0 Å². The molecule has 2 aromatic heterocycles. The minimum atomic E-state index is 0.621. The molecule has 0 N–H and O–H groups in total. The summed E-state index contributed by atoms with van der Waals surface area (Å²) in [5.74, 6) is 1.90. The largest absolute Gasteiger partial charge is 0.309 e. The maximum Gasteiger partial charge on any atom is 0.164 e. The van der Waals surface area contributed by atoms with Gasteiger partial charge in [0.25, 0.3) is 0 Å². The first-order valence-electron chi connectivity index (χ1n) is 19.3. The van der Waals surface area contributed by atoms with Gasteiger partial charge in [0.1, 0.15) is 0 Å². The van der Waals surface area contributed by atoms with E-state index in [1.54, 1.807) is 0 Å². The lowest BCUT2D eigenvalue weighted by molar-refractivity contribution is 1.07. The number of aromatic nitrogens is 4. The minimum absolute atomic E-state index is 0.621. The quantitative estimate of drug-likeness (QED) is 0.171. The van der Waals surface area contributed by atoms with Crippen LogP contribution in [0.5, 0.6) is 0 Å².